The molecule has 1 atom stereocenters. The summed E-state index contributed by atoms with van der Waals surface area (Å²) in [7, 11) is 1.59. The number of aromatic nitrogens is 2. The normalized spacial score (nSPS) is 18.6. The summed E-state index contributed by atoms with van der Waals surface area (Å²) < 4.78 is 45.8. The molecule has 0 radical (unpaired) electrons. The Labute approximate surface area is 284 Å². The van der Waals surface area contributed by atoms with Crippen LogP contribution in [0.3, 0.4) is 0 Å². The highest BCUT2D eigenvalue weighted by atomic mass is 19.1. The maximum absolute atomic E-state index is 15.4. The molecule has 10 nitrogen and oxygen atoms in total. The van der Waals surface area contributed by atoms with Crippen LogP contribution in [-0.2, 0) is 27.2 Å². The van der Waals surface area contributed by atoms with Gasteiger partial charge in [0, 0.05) is 42.5 Å². The van der Waals surface area contributed by atoms with E-state index in [9.17, 15) is 14.0 Å². The lowest BCUT2D eigenvalue weighted by Gasteiger charge is -2.26. The van der Waals surface area contributed by atoms with Gasteiger partial charge in [0.15, 0.2) is 11.5 Å². The first-order chi connectivity index (χ1) is 23.6. The van der Waals surface area contributed by atoms with Crippen LogP contribution in [0.5, 0.6) is 11.5 Å². The number of carbonyl (C=O) groups is 2. The van der Waals surface area contributed by atoms with E-state index in [-0.39, 0.29) is 5.69 Å². The largest absolute Gasteiger partial charge is 0.493 e. The Morgan fingerprint density at radius 2 is 1.61 bits per heavy atom. The predicted octanol–water partition coefficient (Wildman–Crippen LogP) is 5.80. The number of rotatable bonds is 13. The van der Waals surface area contributed by atoms with Gasteiger partial charge in [-0.05, 0) is 79.1 Å². The number of nitrogens with one attached hydrogen (secondary N) is 2. The van der Waals surface area contributed by atoms with Gasteiger partial charge in [-0.1, -0.05) is 19.9 Å². The molecular formula is C37H41F2N5O5. The third kappa shape index (κ3) is 7.50. The second-order valence-corrected chi connectivity index (χ2v) is 13.2. The lowest BCUT2D eigenvalue weighted by molar-refractivity contribution is -0.132. The fraction of sp³-hybridized carbons (Fsp3) is 0.405. The van der Waals surface area contributed by atoms with Gasteiger partial charge in [0.2, 0.25) is 11.8 Å². The summed E-state index contributed by atoms with van der Waals surface area (Å²) in [5, 5.41) is 6.26. The highest BCUT2D eigenvalue weighted by molar-refractivity contribution is 6.18. The SMILES string of the molecule is COc1cc2c(CCc3ccc(NC(=O)C4(C(=O)Nc5ccc(F)cc5)CC4(C)C)cc3F)ncnc2cc1OCCCN1CCOCC1. The standard InChI is InChI=1S/C37H41F2N5O5/c1-36(2)22-37(36,34(45)42-26-10-7-25(38)8-11-26)35(46)43-27-9-5-24(29(39)19-27)6-12-30-28-20-32(47-3)33(21-31(28)41-23-40-30)49-16-4-13-44-14-17-48-18-15-44/h5,7-11,19-21,23H,4,6,12-18,22H2,1-3H3,(H,42,45)(H,43,46). The van der Waals surface area contributed by atoms with Crippen molar-refractivity contribution in [1.82, 2.24) is 14.9 Å². The van der Waals surface area contributed by atoms with Gasteiger partial charge < -0.3 is 24.8 Å². The van der Waals surface area contributed by atoms with E-state index in [1.54, 1.807) is 19.2 Å². The van der Waals surface area contributed by atoms with E-state index in [0.717, 1.165) is 50.3 Å². The molecule has 2 heterocycles. The molecular weight excluding hydrogens is 632 g/mol. The maximum Gasteiger partial charge on any atom is 0.240 e. The summed E-state index contributed by atoms with van der Waals surface area (Å²) in [6.07, 6.45) is 3.47. The van der Waals surface area contributed by atoms with Crippen LogP contribution in [0.1, 0.15) is 37.9 Å². The van der Waals surface area contributed by atoms with E-state index >= 15 is 4.39 Å². The number of halogens is 2. The topological polar surface area (TPSA) is 115 Å². The number of amides is 2. The van der Waals surface area contributed by atoms with Gasteiger partial charge in [-0.25, -0.2) is 18.7 Å². The molecule has 0 spiro atoms. The number of hydrogen-bond donors (Lipinski definition) is 2. The molecule has 1 saturated carbocycles. The first kappa shape index (κ1) is 34.2. The Bertz CT molecular complexity index is 1830. The fourth-order valence-corrected chi connectivity index (χ4v) is 6.47. The minimum Gasteiger partial charge on any atom is -0.493 e. The average molecular weight is 674 g/mol. The summed E-state index contributed by atoms with van der Waals surface area (Å²) in [4.78, 5) is 38.0. The van der Waals surface area contributed by atoms with E-state index in [1.807, 2.05) is 26.0 Å². The second kappa shape index (κ2) is 14.4. The summed E-state index contributed by atoms with van der Waals surface area (Å²) >= 11 is 0. The van der Waals surface area contributed by atoms with E-state index < -0.39 is 34.3 Å². The van der Waals surface area contributed by atoms with Crippen molar-refractivity contribution in [2.45, 2.75) is 39.5 Å². The van der Waals surface area contributed by atoms with Gasteiger partial charge in [0.05, 0.1) is 38.1 Å². The van der Waals surface area contributed by atoms with Crippen LogP contribution in [-0.4, -0.2) is 73.2 Å². The Hall–Kier alpha value is -4.68. The van der Waals surface area contributed by atoms with Crippen molar-refractivity contribution < 1.29 is 32.6 Å². The quantitative estimate of drug-likeness (QED) is 0.135. The van der Waals surface area contributed by atoms with Crippen LogP contribution >= 0.6 is 0 Å². The predicted molar refractivity (Wildman–Crippen MR) is 182 cm³/mol. The van der Waals surface area contributed by atoms with Gasteiger partial charge in [0.1, 0.15) is 23.4 Å². The molecule has 3 aromatic carbocycles. The Morgan fingerprint density at radius 1 is 0.918 bits per heavy atom. The molecule has 12 heteroatoms. The van der Waals surface area contributed by atoms with Gasteiger partial charge in [-0.3, -0.25) is 14.5 Å². The smallest absolute Gasteiger partial charge is 0.240 e. The van der Waals surface area contributed by atoms with Crippen molar-refractivity contribution in [3.8, 4) is 11.5 Å². The number of methoxy groups -OCH3 is 1. The first-order valence-corrected chi connectivity index (χ1v) is 16.5. The number of morpholine rings is 1. The third-order valence-corrected chi connectivity index (χ3v) is 9.54. The summed E-state index contributed by atoms with van der Waals surface area (Å²) in [6.45, 7) is 8.52. The van der Waals surface area contributed by atoms with E-state index in [2.05, 4.69) is 25.5 Å². The number of carbonyl (C=O) groups excluding carboxylic acids is 2. The third-order valence-electron chi connectivity index (χ3n) is 9.54. The Kier molecular flexibility index (Phi) is 10.1. The van der Waals surface area contributed by atoms with Crippen LogP contribution < -0.4 is 20.1 Å². The zero-order chi connectivity index (χ0) is 34.6. The molecule has 258 valence electrons. The number of benzene rings is 3. The zero-order valence-electron chi connectivity index (χ0n) is 28.0. The van der Waals surface area contributed by atoms with Gasteiger partial charge in [0.25, 0.3) is 0 Å². The summed E-state index contributed by atoms with van der Waals surface area (Å²) in [5.41, 5.74) is 0.565. The van der Waals surface area contributed by atoms with Crippen molar-refractivity contribution in [3.63, 3.8) is 0 Å². The van der Waals surface area contributed by atoms with Gasteiger partial charge >= 0.3 is 0 Å². The van der Waals surface area contributed by atoms with Gasteiger partial charge in [-0.2, -0.15) is 0 Å². The van der Waals surface area contributed by atoms with Gasteiger partial charge in [-0.15, -0.1) is 0 Å². The second-order valence-electron chi connectivity index (χ2n) is 13.2. The summed E-state index contributed by atoms with van der Waals surface area (Å²) in [6, 6.07) is 13.6. The molecule has 0 bridgehead atoms. The number of anilines is 2. The number of nitrogens with zero attached hydrogens (tertiary/aromatic N) is 3. The number of fused-ring (bicyclic) bond motifs is 1. The number of ether oxygens (including phenoxy) is 3. The van der Waals surface area contributed by atoms with Crippen molar-refractivity contribution in [2.75, 3.05) is 57.2 Å². The first-order valence-electron chi connectivity index (χ1n) is 16.5. The summed E-state index contributed by atoms with van der Waals surface area (Å²) in [5.74, 6) is -0.750. The Morgan fingerprint density at radius 3 is 2.29 bits per heavy atom. The fourth-order valence-electron chi connectivity index (χ4n) is 6.47. The molecule has 2 aliphatic rings. The average Bonchev–Trinajstić information content (AvgIpc) is 3.70. The maximum atomic E-state index is 15.4. The molecule has 1 unspecified atom stereocenters. The monoisotopic (exact) mass is 673 g/mol. The molecule has 2 amide bonds. The zero-order valence-corrected chi connectivity index (χ0v) is 28.0. The highest BCUT2D eigenvalue weighted by Gasteiger charge is 2.71. The molecule has 2 N–H and O–H groups in total. The molecule has 1 aromatic heterocycles. The minimum atomic E-state index is -1.35. The number of aryl methyl sites for hydroxylation is 2. The van der Waals surface area contributed by atoms with Crippen molar-refractivity contribution in [2.24, 2.45) is 10.8 Å². The van der Waals surface area contributed by atoms with Crippen LogP contribution in [0.25, 0.3) is 10.9 Å². The van der Waals surface area contributed by atoms with E-state index in [1.165, 1.54) is 36.7 Å². The number of hydrogen-bond acceptors (Lipinski definition) is 8. The van der Waals surface area contributed by atoms with E-state index in [4.69, 9.17) is 14.2 Å². The van der Waals surface area contributed by atoms with E-state index in [0.29, 0.717) is 54.1 Å². The molecule has 1 aliphatic heterocycles. The molecule has 49 heavy (non-hydrogen) atoms. The Balaban J connectivity index is 1.08. The van der Waals surface area contributed by atoms with Crippen LogP contribution in [0.4, 0.5) is 20.2 Å². The minimum absolute atomic E-state index is 0.248. The lowest BCUT2D eigenvalue weighted by Crippen LogP contribution is -2.39. The lowest BCUT2D eigenvalue weighted by atomic mass is 9.93. The van der Waals surface area contributed by atoms with Crippen molar-refractivity contribution >= 4 is 34.1 Å². The highest BCUT2D eigenvalue weighted by Crippen LogP contribution is 2.64. The van der Waals surface area contributed by atoms with Crippen LogP contribution in [0, 0.1) is 22.5 Å². The molecule has 1 aliphatic carbocycles. The van der Waals surface area contributed by atoms with Crippen LogP contribution in [0.15, 0.2) is 60.9 Å². The molecule has 4 aromatic rings. The molecule has 2 fully saturated rings. The van der Waals surface area contributed by atoms with Crippen molar-refractivity contribution in [3.05, 3.63) is 83.8 Å². The van der Waals surface area contributed by atoms with Crippen LogP contribution in [0.2, 0.25) is 0 Å². The molecule has 6 rings (SSSR count). The van der Waals surface area contributed by atoms with Crippen molar-refractivity contribution in [1.29, 1.82) is 0 Å². The molecule has 1 saturated heterocycles.